The van der Waals surface area contributed by atoms with Crippen LogP contribution in [0, 0.1) is 5.41 Å². The van der Waals surface area contributed by atoms with Gasteiger partial charge >= 0.3 is 0 Å². The highest BCUT2D eigenvalue weighted by molar-refractivity contribution is 5.21. The molecule has 0 heterocycles. The van der Waals surface area contributed by atoms with E-state index >= 15 is 0 Å². The van der Waals surface area contributed by atoms with Gasteiger partial charge in [0.1, 0.15) is 0 Å². The van der Waals surface area contributed by atoms with E-state index in [1.54, 1.807) is 0 Å². The van der Waals surface area contributed by atoms with Crippen LogP contribution in [-0.2, 0) is 0 Å². The molecule has 0 nitrogen and oxygen atoms in total. The molecule has 0 aliphatic carbocycles. The molecule has 0 spiro atoms. The Hall–Kier alpha value is -1.00. The van der Waals surface area contributed by atoms with Crippen molar-refractivity contribution in [2.24, 2.45) is 5.41 Å². The second-order valence-electron chi connectivity index (χ2n) is 5.48. The van der Waals surface area contributed by atoms with Gasteiger partial charge in [-0.2, -0.15) is 0 Å². The number of rotatable bonds is 3. The summed E-state index contributed by atoms with van der Waals surface area (Å²) in [4.78, 5) is 0. The summed E-state index contributed by atoms with van der Waals surface area (Å²) in [7, 11) is 0. The minimum absolute atomic E-state index is 0.271. The summed E-state index contributed by atoms with van der Waals surface area (Å²) in [6.45, 7) is 15.1. The van der Waals surface area contributed by atoms with Crippen molar-refractivity contribution in [1.29, 1.82) is 0 Å². The van der Waals surface area contributed by atoms with Gasteiger partial charge in [-0.25, -0.2) is 0 Å². The fourth-order valence-corrected chi connectivity index (χ4v) is 1.66. The third kappa shape index (κ3) is 6.48. The molecule has 0 aromatic heterocycles. The van der Waals surface area contributed by atoms with Crippen LogP contribution in [0.15, 0.2) is 40.7 Å². The smallest absolute Gasteiger partial charge is 0.00952 e. The third-order valence-electron chi connectivity index (χ3n) is 2.46. The summed E-state index contributed by atoms with van der Waals surface area (Å²) in [6, 6.07) is 0. The monoisotopic (exact) mass is 218 g/mol. The molecule has 90 valence electrons. The first-order valence-electron chi connectivity index (χ1n) is 6.00. The second kappa shape index (κ2) is 6.55. The molecule has 0 aliphatic heterocycles. The quantitative estimate of drug-likeness (QED) is 0.336. The number of hydrogen-bond donors (Lipinski definition) is 0. The minimum atomic E-state index is 0.271. The molecule has 0 aliphatic rings. The van der Waals surface area contributed by atoms with E-state index < -0.39 is 0 Å². The molecule has 0 radical (unpaired) electrons. The fraction of sp³-hybridized carbons (Fsp3) is 0.562. The van der Waals surface area contributed by atoms with Gasteiger partial charge in [-0.05, 0) is 50.7 Å². The zero-order valence-corrected chi connectivity index (χ0v) is 11.9. The van der Waals surface area contributed by atoms with Gasteiger partial charge in [0.25, 0.3) is 0 Å². The van der Waals surface area contributed by atoms with Gasteiger partial charge in [0.05, 0.1) is 0 Å². The van der Waals surface area contributed by atoms with E-state index in [9.17, 15) is 0 Å². The van der Waals surface area contributed by atoms with Gasteiger partial charge in [-0.3, -0.25) is 0 Å². The summed E-state index contributed by atoms with van der Waals surface area (Å²) in [5.41, 5.74) is 7.48. The maximum atomic E-state index is 3.30. The normalized spacial score (nSPS) is 12.8. The van der Waals surface area contributed by atoms with Crippen LogP contribution in [0.4, 0.5) is 0 Å². The van der Waals surface area contributed by atoms with Crippen molar-refractivity contribution >= 4 is 0 Å². The predicted molar refractivity (Wildman–Crippen MR) is 74.5 cm³/mol. The van der Waals surface area contributed by atoms with Crippen LogP contribution in [0.2, 0.25) is 0 Å². The van der Waals surface area contributed by atoms with Gasteiger partial charge in [-0.1, -0.05) is 44.6 Å². The van der Waals surface area contributed by atoms with Gasteiger partial charge < -0.3 is 0 Å². The third-order valence-corrected chi connectivity index (χ3v) is 2.46. The van der Waals surface area contributed by atoms with E-state index in [1.807, 2.05) is 0 Å². The Morgan fingerprint density at radius 2 is 1.69 bits per heavy atom. The molecule has 0 aromatic rings. The zero-order valence-electron chi connectivity index (χ0n) is 11.9. The Morgan fingerprint density at radius 3 is 2.06 bits per heavy atom. The molecule has 0 N–H and O–H groups in total. The molecule has 0 bridgehead atoms. The van der Waals surface area contributed by atoms with E-state index in [4.69, 9.17) is 0 Å². The van der Waals surface area contributed by atoms with Crippen LogP contribution < -0.4 is 0 Å². The predicted octanol–water partition coefficient (Wildman–Crippen LogP) is 5.44. The lowest BCUT2D eigenvalue weighted by atomic mass is 9.84. The van der Waals surface area contributed by atoms with E-state index in [2.05, 4.69) is 72.4 Å². The molecule has 0 atom stereocenters. The molecular formula is C16H26. The van der Waals surface area contributed by atoms with Crippen molar-refractivity contribution in [2.45, 2.75) is 54.9 Å². The maximum Gasteiger partial charge on any atom is -0.00952 e. The molecule has 0 heteroatoms. The first-order valence-corrected chi connectivity index (χ1v) is 6.00. The molecule has 0 saturated carbocycles. The number of allylic oxidation sites excluding steroid dienone is 5. The zero-order chi connectivity index (χ0) is 12.8. The SMILES string of the molecule is CC=C(CC=CC(C)=C=C(C)C)C(C)(C)C. The second-order valence-corrected chi connectivity index (χ2v) is 5.48. The topological polar surface area (TPSA) is 0 Å². The Balaban J connectivity index is 4.59. The van der Waals surface area contributed by atoms with Crippen molar-refractivity contribution in [3.8, 4) is 0 Å². The van der Waals surface area contributed by atoms with Crippen molar-refractivity contribution in [3.05, 3.63) is 40.7 Å². The largest absolute Gasteiger partial charge is 0.119 e. The highest BCUT2D eigenvalue weighted by Crippen LogP contribution is 2.27. The maximum absolute atomic E-state index is 3.30. The Morgan fingerprint density at radius 1 is 1.12 bits per heavy atom. The summed E-state index contributed by atoms with van der Waals surface area (Å²) in [5, 5.41) is 0. The van der Waals surface area contributed by atoms with Crippen LogP contribution in [-0.4, -0.2) is 0 Å². The van der Waals surface area contributed by atoms with Gasteiger partial charge in [0.2, 0.25) is 0 Å². The minimum Gasteiger partial charge on any atom is -0.119 e. The molecule has 0 rings (SSSR count). The van der Waals surface area contributed by atoms with Crippen LogP contribution in [0.1, 0.15) is 54.9 Å². The lowest BCUT2D eigenvalue weighted by Crippen LogP contribution is -2.08. The highest BCUT2D eigenvalue weighted by Gasteiger charge is 2.14. The Bertz CT molecular complexity index is 333. The lowest BCUT2D eigenvalue weighted by molar-refractivity contribution is 0.493. The fourth-order valence-electron chi connectivity index (χ4n) is 1.66. The standard InChI is InChI=1S/C16H26/c1-8-15(16(5,6)7)11-9-10-14(4)12-13(2)3/h8-10H,11H2,1-7H3. The summed E-state index contributed by atoms with van der Waals surface area (Å²) in [5.74, 6) is 0. The van der Waals surface area contributed by atoms with E-state index in [-0.39, 0.29) is 5.41 Å². The van der Waals surface area contributed by atoms with Gasteiger partial charge in [-0.15, -0.1) is 5.73 Å². The lowest BCUT2D eigenvalue weighted by Gasteiger charge is -2.21. The van der Waals surface area contributed by atoms with Gasteiger partial charge in [0.15, 0.2) is 0 Å². The molecule has 0 saturated heterocycles. The van der Waals surface area contributed by atoms with Crippen LogP contribution in [0.5, 0.6) is 0 Å². The molecule has 0 fully saturated rings. The van der Waals surface area contributed by atoms with Crippen molar-refractivity contribution < 1.29 is 0 Å². The van der Waals surface area contributed by atoms with Crippen molar-refractivity contribution in [1.82, 2.24) is 0 Å². The first-order chi connectivity index (χ1) is 7.27. The first kappa shape index (κ1) is 15.0. The summed E-state index contributed by atoms with van der Waals surface area (Å²) in [6.07, 6.45) is 7.64. The van der Waals surface area contributed by atoms with Gasteiger partial charge in [0, 0.05) is 0 Å². The Labute approximate surface area is 101 Å². The highest BCUT2D eigenvalue weighted by atomic mass is 14.2. The average molecular weight is 218 g/mol. The molecule has 0 amide bonds. The summed E-state index contributed by atoms with van der Waals surface area (Å²) >= 11 is 0. The van der Waals surface area contributed by atoms with Crippen LogP contribution in [0.3, 0.4) is 0 Å². The van der Waals surface area contributed by atoms with E-state index in [0.717, 1.165) is 6.42 Å². The molecule has 0 unspecified atom stereocenters. The van der Waals surface area contributed by atoms with Crippen molar-refractivity contribution in [3.63, 3.8) is 0 Å². The number of hydrogen-bond acceptors (Lipinski definition) is 0. The van der Waals surface area contributed by atoms with E-state index in [0.29, 0.717) is 0 Å². The molecule has 16 heavy (non-hydrogen) atoms. The van der Waals surface area contributed by atoms with E-state index in [1.165, 1.54) is 16.7 Å². The average Bonchev–Trinajstić information content (AvgIpc) is 2.08. The molecular weight excluding hydrogens is 192 g/mol. The summed E-state index contributed by atoms with van der Waals surface area (Å²) < 4.78 is 0. The molecule has 0 aromatic carbocycles. The van der Waals surface area contributed by atoms with Crippen molar-refractivity contribution in [2.75, 3.05) is 0 Å². The van der Waals surface area contributed by atoms with Crippen LogP contribution in [0.25, 0.3) is 0 Å². The van der Waals surface area contributed by atoms with Crippen LogP contribution >= 0.6 is 0 Å². The Kier molecular flexibility index (Phi) is 6.14.